The summed E-state index contributed by atoms with van der Waals surface area (Å²) >= 11 is 5.21. The highest BCUT2D eigenvalue weighted by atomic mass is 79.9. The molecule has 0 saturated carbocycles. The quantitative estimate of drug-likeness (QED) is 0.693. The number of ether oxygens (including phenoxy) is 1. The van der Waals surface area contributed by atoms with Crippen LogP contribution in [0.1, 0.15) is 30.3 Å². The summed E-state index contributed by atoms with van der Waals surface area (Å²) in [5.74, 6) is 0.816. The smallest absolute Gasteiger partial charge is 0.236 e. The third-order valence-corrected chi connectivity index (χ3v) is 5.38. The molecule has 1 aromatic carbocycles. The molecule has 2 aromatic rings. The molecule has 2 unspecified atom stereocenters. The first-order valence-corrected chi connectivity index (χ1v) is 9.58. The SMILES string of the molecule is COc1ccc(C(C)NC(C)C(=O)NCCc2cccs2)cc1Br. The summed E-state index contributed by atoms with van der Waals surface area (Å²) in [5, 5.41) is 8.37. The highest BCUT2D eigenvalue weighted by Crippen LogP contribution is 2.28. The van der Waals surface area contributed by atoms with Gasteiger partial charge in [0, 0.05) is 17.5 Å². The van der Waals surface area contributed by atoms with E-state index in [1.54, 1.807) is 18.4 Å². The summed E-state index contributed by atoms with van der Waals surface area (Å²) < 4.78 is 6.15. The maximum atomic E-state index is 12.2. The molecule has 0 aliphatic rings. The van der Waals surface area contributed by atoms with Crippen molar-refractivity contribution in [2.24, 2.45) is 0 Å². The topological polar surface area (TPSA) is 50.4 Å². The summed E-state index contributed by atoms with van der Waals surface area (Å²) in [6, 6.07) is 9.85. The van der Waals surface area contributed by atoms with Crippen molar-refractivity contribution in [1.82, 2.24) is 10.6 Å². The standard InChI is InChI=1S/C18H23BrN2O2S/c1-12(14-6-7-17(23-3)16(19)11-14)21-13(2)18(22)20-9-8-15-5-4-10-24-15/h4-7,10-13,21H,8-9H2,1-3H3,(H,20,22). The molecule has 0 aliphatic heterocycles. The van der Waals surface area contributed by atoms with Gasteiger partial charge in [0.15, 0.2) is 0 Å². The first-order chi connectivity index (χ1) is 11.5. The molecule has 2 N–H and O–H groups in total. The number of carbonyl (C=O) groups excluding carboxylic acids is 1. The van der Waals surface area contributed by atoms with Crippen LogP contribution in [0, 0.1) is 0 Å². The summed E-state index contributed by atoms with van der Waals surface area (Å²) in [7, 11) is 1.64. The molecule has 0 bridgehead atoms. The van der Waals surface area contributed by atoms with Crippen LogP contribution < -0.4 is 15.4 Å². The Hall–Kier alpha value is -1.37. The number of methoxy groups -OCH3 is 1. The largest absolute Gasteiger partial charge is 0.496 e. The molecule has 0 aliphatic carbocycles. The van der Waals surface area contributed by atoms with Crippen LogP contribution in [0.4, 0.5) is 0 Å². The molecule has 130 valence electrons. The van der Waals surface area contributed by atoms with Gasteiger partial charge in [0.25, 0.3) is 0 Å². The lowest BCUT2D eigenvalue weighted by molar-refractivity contribution is -0.122. The Bertz CT molecular complexity index is 661. The van der Waals surface area contributed by atoms with Crippen LogP contribution in [0.5, 0.6) is 5.75 Å². The van der Waals surface area contributed by atoms with Gasteiger partial charge in [-0.25, -0.2) is 0 Å². The normalized spacial score (nSPS) is 13.3. The van der Waals surface area contributed by atoms with Gasteiger partial charge < -0.3 is 10.1 Å². The zero-order chi connectivity index (χ0) is 17.5. The van der Waals surface area contributed by atoms with Gasteiger partial charge in [-0.05, 0) is 65.3 Å². The van der Waals surface area contributed by atoms with Gasteiger partial charge in [-0.15, -0.1) is 11.3 Å². The van der Waals surface area contributed by atoms with Crippen LogP contribution in [0.15, 0.2) is 40.2 Å². The van der Waals surface area contributed by atoms with Crippen LogP contribution in [-0.4, -0.2) is 25.6 Å². The van der Waals surface area contributed by atoms with Crippen LogP contribution in [-0.2, 0) is 11.2 Å². The predicted octanol–water partition coefficient (Wildman–Crippen LogP) is 3.92. The number of rotatable bonds is 8. The van der Waals surface area contributed by atoms with Gasteiger partial charge >= 0.3 is 0 Å². The van der Waals surface area contributed by atoms with Crippen molar-refractivity contribution in [3.05, 3.63) is 50.6 Å². The lowest BCUT2D eigenvalue weighted by Gasteiger charge is -2.20. The van der Waals surface area contributed by atoms with Gasteiger partial charge in [0.05, 0.1) is 17.6 Å². The van der Waals surface area contributed by atoms with Crippen molar-refractivity contribution in [2.45, 2.75) is 32.4 Å². The average molecular weight is 411 g/mol. The second-order valence-electron chi connectivity index (χ2n) is 5.62. The fourth-order valence-electron chi connectivity index (χ4n) is 2.42. The van der Waals surface area contributed by atoms with Gasteiger partial charge in [0.2, 0.25) is 5.91 Å². The summed E-state index contributed by atoms with van der Waals surface area (Å²) in [6.45, 7) is 4.59. The number of benzene rings is 1. The number of carbonyl (C=O) groups is 1. The molecule has 4 nitrogen and oxygen atoms in total. The molecule has 24 heavy (non-hydrogen) atoms. The van der Waals surface area contributed by atoms with Gasteiger partial charge in [-0.3, -0.25) is 10.1 Å². The molecular formula is C18H23BrN2O2S. The van der Waals surface area contributed by atoms with Crippen LogP contribution in [0.2, 0.25) is 0 Å². The van der Waals surface area contributed by atoms with E-state index in [0.29, 0.717) is 6.54 Å². The van der Waals surface area contributed by atoms with Crippen molar-refractivity contribution in [3.8, 4) is 5.75 Å². The number of hydrogen-bond donors (Lipinski definition) is 2. The highest BCUT2D eigenvalue weighted by molar-refractivity contribution is 9.10. The second kappa shape index (κ2) is 9.20. The number of hydrogen-bond acceptors (Lipinski definition) is 4. The van der Waals surface area contributed by atoms with E-state index in [0.717, 1.165) is 22.2 Å². The zero-order valence-corrected chi connectivity index (χ0v) is 16.5. The maximum absolute atomic E-state index is 12.2. The molecule has 1 aromatic heterocycles. The minimum absolute atomic E-state index is 0.0194. The lowest BCUT2D eigenvalue weighted by Crippen LogP contribution is -2.43. The van der Waals surface area contributed by atoms with Crippen molar-refractivity contribution in [2.75, 3.05) is 13.7 Å². The molecule has 2 rings (SSSR count). The Kier molecular flexibility index (Phi) is 7.27. The average Bonchev–Trinajstić information content (AvgIpc) is 3.07. The van der Waals surface area contributed by atoms with E-state index >= 15 is 0 Å². The van der Waals surface area contributed by atoms with E-state index in [2.05, 4.69) is 38.0 Å². The van der Waals surface area contributed by atoms with E-state index in [-0.39, 0.29) is 18.0 Å². The van der Waals surface area contributed by atoms with E-state index < -0.39 is 0 Å². The van der Waals surface area contributed by atoms with E-state index in [9.17, 15) is 4.79 Å². The zero-order valence-electron chi connectivity index (χ0n) is 14.1. The molecule has 2 atom stereocenters. The van der Waals surface area contributed by atoms with Crippen LogP contribution in [0.25, 0.3) is 0 Å². The summed E-state index contributed by atoms with van der Waals surface area (Å²) in [4.78, 5) is 13.5. The fraction of sp³-hybridized carbons (Fsp3) is 0.389. The van der Waals surface area contributed by atoms with Gasteiger partial charge in [0.1, 0.15) is 5.75 Å². The van der Waals surface area contributed by atoms with Crippen molar-refractivity contribution in [1.29, 1.82) is 0 Å². The van der Waals surface area contributed by atoms with Crippen molar-refractivity contribution in [3.63, 3.8) is 0 Å². The Morgan fingerprint density at radius 3 is 2.75 bits per heavy atom. The fourth-order valence-corrected chi connectivity index (χ4v) is 3.68. The minimum Gasteiger partial charge on any atom is -0.496 e. The van der Waals surface area contributed by atoms with E-state index in [1.165, 1.54) is 4.88 Å². The minimum atomic E-state index is -0.260. The first kappa shape index (κ1) is 19.0. The second-order valence-corrected chi connectivity index (χ2v) is 7.51. The Morgan fingerprint density at radius 2 is 2.12 bits per heavy atom. The number of halogens is 1. The molecule has 0 radical (unpaired) electrons. The molecule has 1 heterocycles. The van der Waals surface area contributed by atoms with Gasteiger partial charge in [-0.2, -0.15) is 0 Å². The van der Waals surface area contributed by atoms with E-state index in [4.69, 9.17) is 4.74 Å². The van der Waals surface area contributed by atoms with E-state index in [1.807, 2.05) is 38.1 Å². The molecule has 0 spiro atoms. The molecular weight excluding hydrogens is 388 g/mol. The highest BCUT2D eigenvalue weighted by Gasteiger charge is 2.16. The Balaban J connectivity index is 1.82. The third-order valence-electron chi connectivity index (χ3n) is 3.82. The predicted molar refractivity (Wildman–Crippen MR) is 103 cm³/mol. The number of thiophene rings is 1. The summed E-state index contributed by atoms with van der Waals surface area (Å²) in [5.41, 5.74) is 1.10. The molecule has 0 fully saturated rings. The van der Waals surface area contributed by atoms with Crippen LogP contribution >= 0.6 is 27.3 Å². The monoisotopic (exact) mass is 410 g/mol. The van der Waals surface area contributed by atoms with Gasteiger partial charge in [-0.1, -0.05) is 12.1 Å². The molecule has 0 saturated heterocycles. The first-order valence-electron chi connectivity index (χ1n) is 7.91. The maximum Gasteiger partial charge on any atom is 0.236 e. The van der Waals surface area contributed by atoms with Crippen molar-refractivity contribution < 1.29 is 9.53 Å². The lowest BCUT2D eigenvalue weighted by atomic mass is 10.1. The van der Waals surface area contributed by atoms with Crippen molar-refractivity contribution >= 4 is 33.2 Å². The number of amides is 1. The number of nitrogens with one attached hydrogen (secondary N) is 2. The third kappa shape index (κ3) is 5.33. The molecule has 6 heteroatoms. The molecule has 1 amide bonds. The Morgan fingerprint density at radius 1 is 1.33 bits per heavy atom. The Labute approximate surface area is 155 Å². The summed E-state index contributed by atoms with van der Waals surface area (Å²) in [6.07, 6.45) is 0.872. The van der Waals surface area contributed by atoms with Crippen LogP contribution in [0.3, 0.4) is 0 Å².